The van der Waals surface area contributed by atoms with Crippen molar-refractivity contribution in [3.05, 3.63) is 23.8 Å². The summed E-state index contributed by atoms with van der Waals surface area (Å²) in [6.07, 6.45) is 4.72. The maximum absolute atomic E-state index is 10.4. The molecule has 3 N–H and O–H groups in total. The van der Waals surface area contributed by atoms with E-state index in [0.29, 0.717) is 6.54 Å². The maximum Gasteiger partial charge on any atom is 0.191 e. The molecular weight excluding hydrogens is 445 g/mol. The molecule has 0 bridgehead atoms. The van der Waals surface area contributed by atoms with Gasteiger partial charge < -0.3 is 25.2 Å². The van der Waals surface area contributed by atoms with Crippen molar-refractivity contribution >= 4 is 29.9 Å². The number of halogens is 1. The van der Waals surface area contributed by atoms with Crippen molar-refractivity contribution in [1.82, 2.24) is 10.6 Å². The molecule has 6 nitrogen and oxygen atoms in total. The third-order valence-corrected chi connectivity index (χ3v) is 4.56. The molecule has 1 aliphatic rings. The minimum absolute atomic E-state index is 0. The van der Waals surface area contributed by atoms with Crippen LogP contribution in [0, 0.1) is 0 Å². The summed E-state index contributed by atoms with van der Waals surface area (Å²) in [6.45, 7) is 4.04. The number of benzene rings is 1. The van der Waals surface area contributed by atoms with E-state index in [-0.39, 0.29) is 24.0 Å². The number of hydrogen-bond acceptors (Lipinski definition) is 4. The number of rotatable bonds is 8. The molecule has 0 amide bonds. The Labute approximate surface area is 173 Å². The Kier molecular flexibility index (Phi) is 10.1. The van der Waals surface area contributed by atoms with Gasteiger partial charge in [-0.2, -0.15) is 0 Å². The summed E-state index contributed by atoms with van der Waals surface area (Å²) in [6, 6.07) is 5.95. The fourth-order valence-electron chi connectivity index (χ4n) is 3.12. The lowest BCUT2D eigenvalue weighted by Crippen LogP contribution is -2.40. The molecule has 1 saturated carbocycles. The van der Waals surface area contributed by atoms with E-state index in [1.54, 1.807) is 14.2 Å². The fourth-order valence-corrected chi connectivity index (χ4v) is 3.12. The first-order valence-electron chi connectivity index (χ1n) is 9.05. The van der Waals surface area contributed by atoms with Gasteiger partial charge in [-0.3, -0.25) is 4.99 Å². The van der Waals surface area contributed by atoms with Gasteiger partial charge in [-0.05, 0) is 43.9 Å². The average Bonchev–Trinajstić information content (AvgIpc) is 3.06. The molecule has 7 heteroatoms. The van der Waals surface area contributed by atoms with Crippen molar-refractivity contribution in [2.24, 2.45) is 4.99 Å². The standard InChI is InChI=1S/C19H31N3O3.HI/c1-4-20-18(22-14-19(23)10-5-6-11-19)21-12-9-15-7-8-16(24-2)17(13-15)25-3;/h7-8,13,23H,4-6,9-12,14H2,1-3H3,(H2,20,21,22);1H. The molecule has 0 heterocycles. The topological polar surface area (TPSA) is 75.1 Å². The van der Waals surface area contributed by atoms with Crippen molar-refractivity contribution < 1.29 is 14.6 Å². The van der Waals surface area contributed by atoms with Crippen LogP contribution < -0.4 is 20.1 Å². The van der Waals surface area contributed by atoms with Crippen LogP contribution in [0.4, 0.5) is 0 Å². The van der Waals surface area contributed by atoms with Crippen molar-refractivity contribution in [2.75, 3.05) is 33.9 Å². The number of nitrogens with zero attached hydrogens (tertiary/aromatic N) is 1. The highest BCUT2D eigenvalue weighted by atomic mass is 127. The maximum atomic E-state index is 10.4. The van der Waals surface area contributed by atoms with Crippen LogP contribution in [0.25, 0.3) is 0 Å². The van der Waals surface area contributed by atoms with Gasteiger partial charge in [0.15, 0.2) is 17.5 Å². The summed E-state index contributed by atoms with van der Waals surface area (Å²) in [5, 5.41) is 17.0. The van der Waals surface area contributed by atoms with Gasteiger partial charge >= 0.3 is 0 Å². The number of methoxy groups -OCH3 is 2. The Hall–Kier alpha value is -1.22. The smallest absolute Gasteiger partial charge is 0.191 e. The largest absolute Gasteiger partial charge is 0.493 e. The van der Waals surface area contributed by atoms with Gasteiger partial charge in [0.1, 0.15) is 0 Å². The van der Waals surface area contributed by atoms with Gasteiger partial charge in [-0.25, -0.2) is 0 Å². The van der Waals surface area contributed by atoms with Gasteiger partial charge in [0.2, 0.25) is 0 Å². The highest BCUT2D eigenvalue weighted by Gasteiger charge is 2.30. The van der Waals surface area contributed by atoms with Crippen LogP contribution in [0.3, 0.4) is 0 Å². The fraction of sp³-hybridized carbons (Fsp3) is 0.632. The second-order valence-corrected chi connectivity index (χ2v) is 6.49. The van der Waals surface area contributed by atoms with Crippen LogP contribution in [0.1, 0.15) is 38.2 Å². The summed E-state index contributed by atoms with van der Waals surface area (Å²) in [5.74, 6) is 2.23. The molecule has 0 atom stereocenters. The summed E-state index contributed by atoms with van der Waals surface area (Å²) in [7, 11) is 3.28. The predicted molar refractivity (Wildman–Crippen MR) is 116 cm³/mol. The zero-order chi connectivity index (χ0) is 18.1. The first-order valence-corrected chi connectivity index (χ1v) is 9.05. The third-order valence-electron chi connectivity index (χ3n) is 4.56. The summed E-state index contributed by atoms with van der Waals surface area (Å²) < 4.78 is 10.6. The van der Waals surface area contributed by atoms with Crippen LogP contribution >= 0.6 is 24.0 Å². The summed E-state index contributed by atoms with van der Waals surface area (Å²) in [5.41, 5.74) is 0.543. The number of aliphatic imine (C=N–C) groups is 1. The number of nitrogens with one attached hydrogen (secondary N) is 2. The molecule has 0 spiro atoms. The minimum atomic E-state index is -0.619. The Balaban J connectivity index is 0.00000338. The van der Waals surface area contributed by atoms with E-state index in [0.717, 1.165) is 68.2 Å². The second-order valence-electron chi connectivity index (χ2n) is 6.49. The Morgan fingerprint density at radius 2 is 1.85 bits per heavy atom. The lowest BCUT2D eigenvalue weighted by molar-refractivity contribution is 0.0574. The van der Waals surface area contributed by atoms with Gasteiger partial charge in [0.25, 0.3) is 0 Å². The molecule has 0 unspecified atom stereocenters. The Morgan fingerprint density at radius 1 is 1.15 bits per heavy atom. The molecule has 0 aromatic heterocycles. The molecule has 0 radical (unpaired) electrons. The van der Waals surface area contributed by atoms with Gasteiger partial charge in [-0.1, -0.05) is 18.9 Å². The van der Waals surface area contributed by atoms with Crippen LogP contribution in [0.15, 0.2) is 23.2 Å². The third kappa shape index (κ3) is 6.83. The molecule has 0 saturated heterocycles. The zero-order valence-electron chi connectivity index (χ0n) is 16.0. The van der Waals surface area contributed by atoms with E-state index in [2.05, 4.69) is 15.6 Å². The van der Waals surface area contributed by atoms with Crippen LogP contribution in [-0.4, -0.2) is 50.5 Å². The number of hydrogen-bond donors (Lipinski definition) is 3. The number of aliphatic hydroxyl groups is 1. The highest BCUT2D eigenvalue weighted by molar-refractivity contribution is 14.0. The number of guanidine groups is 1. The summed E-state index contributed by atoms with van der Waals surface area (Å²) in [4.78, 5) is 4.56. The lowest BCUT2D eigenvalue weighted by atomic mass is 10.0. The molecular formula is C19H32IN3O3. The molecule has 1 aliphatic carbocycles. The monoisotopic (exact) mass is 477 g/mol. The summed E-state index contributed by atoms with van der Waals surface area (Å²) >= 11 is 0. The van der Waals surface area contributed by atoms with Crippen LogP contribution in [0.2, 0.25) is 0 Å². The first kappa shape index (κ1) is 22.8. The molecule has 26 heavy (non-hydrogen) atoms. The first-order chi connectivity index (χ1) is 12.1. The zero-order valence-corrected chi connectivity index (χ0v) is 18.3. The molecule has 2 rings (SSSR count). The van der Waals surface area contributed by atoms with E-state index < -0.39 is 5.60 Å². The molecule has 1 aromatic rings. The Morgan fingerprint density at radius 3 is 2.46 bits per heavy atom. The van der Waals surface area contributed by atoms with E-state index in [9.17, 15) is 5.11 Å². The normalized spacial score (nSPS) is 15.9. The SMILES string of the molecule is CCNC(=NCC1(O)CCCC1)NCCc1ccc(OC)c(OC)c1.I. The van der Waals surface area contributed by atoms with E-state index in [1.807, 2.05) is 25.1 Å². The quantitative estimate of drug-likeness (QED) is 0.305. The van der Waals surface area contributed by atoms with Crippen molar-refractivity contribution in [3.63, 3.8) is 0 Å². The van der Waals surface area contributed by atoms with E-state index in [4.69, 9.17) is 9.47 Å². The predicted octanol–water partition coefficient (Wildman–Crippen LogP) is 2.72. The molecule has 148 valence electrons. The van der Waals surface area contributed by atoms with Crippen molar-refractivity contribution in [3.8, 4) is 11.5 Å². The average molecular weight is 477 g/mol. The molecule has 1 aromatic carbocycles. The van der Waals surface area contributed by atoms with Crippen molar-refractivity contribution in [1.29, 1.82) is 0 Å². The van der Waals surface area contributed by atoms with Gasteiger partial charge in [-0.15, -0.1) is 24.0 Å². The number of ether oxygens (including phenoxy) is 2. The van der Waals surface area contributed by atoms with E-state index in [1.165, 1.54) is 0 Å². The molecule has 1 fully saturated rings. The van der Waals surface area contributed by atoms with Crippen LogP contribution in [0.5, 0.6) is 11.5 Å². The second kappa shape index (κ2) is 11.5. The lowest BCUT2D eigenvalue weighted by Gasteiger charge is -2.20. The van der Waals surface area contributed by atoms with E-state index >= 15 is 0 Å². The van der Waals surface area contributed by atoms with Gasteiger partial charge in [0.05, 0.1) is 26.4 Å². The van der Waals surface area contributed by atoms with Crippen molar-refractivity contribution in [2.45, 2.75) is 44.6 Å². The Bertz CT molecular complexity index is 575. The highest BCUT2D eigenvalue weighted by Crippen LogP contribution is 2.29. The molecule has 0 aliphatic heterocycles. The van der Waals surface area contributed by atoms with Crippen LogP contribution in [-0.2, 0) is 6.42 Å². The minimum Gasteiger partial charge on any atom is -0.493 e. The van der Waals surface area contributed by atoms with Gasteiger partial charge in [0, 0.05) is 13.1 Å².